The van der Waals surface area contributed by atoms with Gasteiger partial charge >= 0.3 is 0 Å². The average molecular weight is 283 g/mol. The predicted molar refractivity (Wildman–Crippen MR) is 75.7 cm³/mol. The van der Waals surface area contributed by atoms with Gasteiger partial charge in [-0.15, -0.1) is 0 Å². The second-order valence-electron chi connectivity index (χ2n) is 4.91. The van der Waals surface area contributed by atoms with E-state index in [2.05, 4.69) is 5.32 Å². The second kappa shape index (κ2) is 6.26. The van der Waals surface area contributed by atoms with Crippen molar-refractivity contribution in [3.63, 3.8) is 0 Å². The van der Waals surface area contributed by atoms with Crippen molar-refractivity contribution in [2.75, 3.05) is 20.1 Å². The van der Waals surface area contributed by atoms with E-state index in [1.54, 1.807) is 18.0 Å². The minimum absolute atomic E-state index is 0.0590. The van der Waals surface area contributed by atoms with Crippen molar-refractivity contribution >= 4 is 17.5 Å². The first-order chi connectivity index (χ1) is 9.09. The van der Waals surface area contributed by atoms with E-state index in [-0.39, 0.29) is 17.7 Å². The van der Waals surface area contributed by atoms with Gasteiger partial charge in [-0.1, -0.05) is 11.6 Å². The first kappa shape index (κ1) is 14.2. The summed E-state index contributed by atoms with van der Waals surface area (Å²) in [5.74, 6) is -0.0727. The van der Waals surface area contributed by atoms with Gasteiger partial charge in [-0.05, 0) is 50.6 Å². The number of nitrogens with one attached hydrogen (secondary N) is 1. The van der Waals surface area contributed by atoms with Crippen molar-refractivity contribution in [1.82, 2.24) is 10.2 Å². The Morgan fingerprint density at radius 1 is 1.42 bits per heavy atom. The van der Waals surface area contributed by atoms with Gasteiger partial charge in [0, 0.05) is 13.1 Å². The van der Waals surface area contributed by atoms with E-state index in [9.17, 15) is 9.90 Å². The zero-order valence-corrected chi connectivity index (χ0v) is 11.8. The van der Waals surface area contributed by atoms with Crippen LogP contribution in [0.2, 0.25) is 5.02 Å². The lowest BCUT2D eigenvalue weighted by molar-refractivity contribution is 0.0720. The Balaban J connectivity index is 2.15. The van der Waals surface area contributed by atoms with Crippen LogP contribution in [-0.2, 0) is 0 Å². The fourth-order valence-electron chi connectivity index (χ4n) is 2.42. The van der Waals surface area contributed by atoms with Crippen molar-refractivity contribution in [1.29, 1.82) is 0 Å². The van der Waals surface area contributed by atoms with Gasteiger partial charge in [-0.25, -0.2) is 0 Å². The number of phenolic OH excluding ortho intramolecular Hbond substituents is 1. The third kappa shape index (κ3) is 3.39. The number of carbonyl (C=O) groups excluding carboxylic acids is 1. The van der Waals surface area contributed by atoms with Gasteiger partial charge in [0.2, 0.25) is 0 Å². The Morgan fingerprint density at radius 3 is 3.00 bits per heavy atom. The molecule has 0 aliphatic carbocycles. The number of hydrogen-bond donors (Lipinski definition) is 2. The maximum absolute atomic E-state index is 12.4. The van der Waals surface area contributed by atoms with Gasteiger partial charge in [-0.3, -0.25) is 4.79 Å². The molecule has 19 heavy (non-hydrogen) atoms. The molecule has 2 rings (SSSR count). The molecule has 0 aromatic heterocycles. The number of benzene rings is 1. The van der Waals surface area contributed by atoms with Gasteiger partial charge in [-0.2, -0.15) is 0 Å². The molecule has 0 spiro atoms. The Morgan fingerprint density at radius 2 is 2.21 bits per heavy atom. The molecule has 0 radical (unpaired) electrons. The SMILES string of the molecule is CN(C(=O)c1cc(O)ccc1Cl)C1CCCNCC1. The summed E-state index contributed by atoms with van der Waals surface area (Å²) in [5, 5.41) is 13.2. The van der Waals surface area contributed by atoms with Crippen LogP contribution in [0, 0.1) is 0 Å². The van der Waals surface area contributed by atoms with E-state index in [1.165, 1.54) is 12.1 Å². The van der Waals surface area contributed by atoms with Crippen LogP contribution in [0.4, 0.5) is 0 Å². The molecule has 1 aliphatic rings. The molecule has 1 atom stereocenters. The Labute approximate surface area is 118 Å². The molecule has 1 heterocycles. The van der Waals surface area contributed by atoms with Crippen molar-refractivity contribution in [3.8, 4) is 5.75 Å². The summed E-state index contributed by atoms with van der Waals surface area (Å²) in [6.45, 7) is 1.93. The van der Waals surface area contributed by atoms with E-state index >= 15 is 0 Å². The Hall–Kier alpha value is -1.26. The highest BCUT2D eigenvalue weighted by Crippen LogP contribution is 2.24. The topological polar surface area (TPSA) is 52.6 Å². The van der Waals surface area contributed by atoms with Crippen LogP contribution in [0.5, 0.6) is 5.75 Å². The number of nitrogens with zero attached hydrogens (tertiary/aromatic N) is 1. The number of aromatic hydroxyl groups is 1. The van der Waals surface area contributed by atoms with E-state index in [4.69, 9.17) is 11.6 Å². The van der Waals surface area contributed by atoms with Gasteiger partial charge < -0.3 is 15.3 Å². The molecule has 5 heteroatoms. The maximum Gasteiger partial charge on any atom is 0.255 e. The van der Waals surface area contributed by atoms with Gasteiger partial charge in [0.25, 0.3) is 5.91 Å². The molecule has 1 aliphatic heterocycles. The van der Waals surface area contributed by atoms with Crippen LogP contribution < -0.4 is 5.32 Å². The largest absolute Gasteiger partial charge is 0.508 e. The molecule has 0 bridgehead atoms. The van der Waals surface area contributed by atoms with Gasteiger partial charge in [0.15, 0.2) is 0 Å². The third-order valence-corrected chi connectivity index (χ3v) is 3.92. The lowest BCUT2D eigenvalue weighted by Gasteiger charge is -2.27. The average Bonchev–Trinajstić information content (AvgIpc) is 2.69. The smallest absolute Gasteiger partial charge is 0.255 e. The molecule has 2 N–H and O–H groups in total. The molecule has 0 saturated carbocycles. The number of hydrogen-bond acceptors (Lipinski definition) is 3. The van der Waals surface area contributed by atoms with E-state index in [1.807, 2.05) is 0 Å². The monoisotopic (exact) mass is 282 g/mol. The Bertz CT molecular complexity index is 457. The third-order valence-electron chi connectivity index (χ3n) is 3.59. The summed E-state index contributed by atoms with van der Waals surface area (Å²) < 4.78 is 0. The van der Waals surface area contributed by atoms with E-state index in [0.29, 0.717) is 10.6 Å². The zero-order chi connectivity index (χ0) is 13.8. The predicted octanol–water partition coefficient (Wildman–Crippen LogP) is 2.26. The van der Waals surface area contributed by atoms with Crippen molar-refractivity contribution in [2.45, 2.75) is 25.3 Å². The molecule has 1 unspecified atom stereocenters. The number of phenols is 1. The second-order valence-corrected chi connectivity index (χ2v) is 5.32. The van der Waals surface area contributed by atoms with Crippen molar-refractivity contribution < 1.29 is 9.90 Å². The summed E-state index contributed by atoms with van der Waals surface area (Å²) in [7, 11) is 1.80. The molecule has 104 valence electrons. The van der Waals surface area contributed by atoms with Crippen LogP contribution in [0.1, 0.15) is 29.6 Å². The number of carbonyl (C=O) groups is 1. The summed E-state index contributed by atoms with van der Waals surface area (Å²) >= 11 is 6.04. The number of halogens is 1. The zero-order valence-electron chi connectivity index (χ0n) is 11.0. The standard InChI is InChI=1S/C14H19ClN2O2/c1-17(10-3-2-7-16-8-6-10)14(19)12-9-11(18)4-5-13(12)15/h4-5,9-10,16,18H,2-3,6-8H2,1H3. The first-order valence-electron chi connectivity index (χ1n) is 6.56. The van der Waals surface area contributed by atoms with E-state index < -0.39 is 0 Å². The summed E-state index contributed by atoms with van der Waals surface area (Å²) in [4.78, 5) is 14.2. The fourth-order valence-corrected chi connectivity index (χ4v) is 2.62. The van der Waals surface area contributed by atoms with Crippen molar-refractivity contribution in [3.05, 3.63) is 28.8 Å². The molecular formula is C14H19ClN2O2. The highest BCUT2D eigenvalue weighted by atomic mass is 35.5. The molecular weight excluding hydrogens is 264 g/mol. The van der Waals surface area contributed by atoms with Crippen LogP contribution in [0.15, 0.2) is 18.2 Å². The Kier molecular flexibility index (Phi) is 4.66. The van der Waals surface area contributed by atoms with Crippen LogP contribution in [-0.4, -0.2) is 42.1 Å². The number of rotatable bonds is 2. The molecule has 1 amide bonds. The molecule has 4 nitrogen and oxygen atoms in total. The van der Waals surface area contributed by atoms with E-state index in [0.717, 1.165) is 32.4 Å². The molecule has 1 saturated heterocycles. The highest BCUT2D eigenvalue weighted by Gasteiger charge is 2.23. The normalized spacial score (nSPS) is 19.8. The molecule has 1 fully saturated rings. The highest BCUT2D eigenvalue weighted by molar-refractivity contribution is 6.33. The van der Waals surface area contributed by atoms with Crippen LogP contribution in [0.25, 0.3) is 0 Å². The molecule has 1 aromatic rings. The molecule has 1 aromatic carbocycles. The van der Waals surface area contributed by atoms with Gasteiger partial charge in [0.05, 0.1) is 10.6 Å². The number of amides is 1. The summed E-state index contributed by atoms with van der Waals surface area (Å²) in [5.41, 5.74) is 0.362. The quantitative estimate of drug-likeness (QED) is 0.875. The van der Waals surface area contributed by atoms with Crippen molar-refractivity contribution in [2.24, 2.45) is 0 Å². The lowest BCUT2D eigenvalue weighted by Crippen LogP contribution is -2.37. The maximum atomic E-state index is 12.4. The van der Waals surface area contributed by atoms with Crippen LogP contribution in [0.3, 0.4) is 0 Å². The minimum atomic E-state index is -0.132. The summed E-state index contributed by atoms with van der Waals surface area (Å²) in [6.07, 6.45) is 3.00. The fraction of sp³-hybridized carbons (Fsp3) is 0.500. The minimum Gasteiger partial charge on any atom is -0.508 e. The van der Waals surface area contributed by atoms with Gasteiger partial charge in [0.1, 0.15) is 5.75 Å². The first-order valence-corrected chi connectivity index (χ1v) is 6.94. The van der Waals surface area contributed by atoms with Crippen LogP contribution >= 0.6 is 11.6 Å². The lowest BCUT2D eigenvalue weighted by atomic mass is 10.1. The summed E-state index contributed by atoms with van der Waals surface area (Å²) in [6, 6.07) is 4.68.